The third kappa shape index (κ3) is 2.79. The average molecular weight is 209 g/mol. The average Bonchev–Trinajstić information content (AvgIpc) is 2.76. The molecule has 1 heterocycles. The Kier molecular flexibility index (Phi) is 3.07. The lowest BCUT2D eigenvalue weighted by atomic mass is 9.99. The van der Waals surface area contributed by atoms with Crippen LogP contribution in [0.25, 0.3) is 0 Å². The maximum absolute atomic E-state index is 6.22. The van der Waals surface area contributed by atoms with Crippen LogP contribution in [0.4, 0.5) is 0 Å². The highest BCUT2D eigenvalue weighted by Gasteiger charge is 2.28. The summed E-state index contributed by atoms with van der Waals surface area (Å²) in [5, 5.41) is 7.27. The lowest BCUT2D eigenvalue weighted by Crippen LogP contribution is -2.46. The van der Waals surface area contributed by atoms with Crippen LogP contribution >= 0.6 is 0 Å². The third-order valence-corrected chi connectivity index (χ3v) is 3.06. The molecular weight excluding hydrogens is 190 g/mol. The van der Waals surface area contributed by atoms with Gasteiger partial charge in [-0.25, -0.2) is 0 Å². The zero-order valence-electron chi connectivity index (χ0n) is 9.25. The summed E-state index contributed by atoms with van der Waals surface area (Å²) >= 11 is 0. The predicted molar refractivity (Wildman–Crippen MR) is 58.3 cm³/mol. The van der Waals surface area contributed by atoms with Gasteiger partial charge in [-0.2, -0.15) is 0 Å². The molecule has 1 aromatic rings. The van der Waals surface area contributed by atoms with Gasteiger partial charge in [0, 0.05) is 24.7 Å². The molecule has 0 unspecified atom stereocenters. The van der Waals surface area contributed by atoms with E-state index in [4.69, 9.17) is 10.3 Å². The van der Waals surface area contributed by atoms with Gasteiger partial charge >= 0.3 is 0 Å². The van der Waals surface area contributed by atoms with Gasteiger partial charge in [0.1, 0.15) is 5.76 Å². The van der Waals surface area contributed by atoms with Crippen LogP contribution in [-0.4, -0.2) is 17.2 Å². The Morgan fingerprint density at radius 2 is 2.27 bits per heavy atom. The predicted octanol–water partition coefficient (Wildman–Crippen LogP) is 1.34. The summed E-state index contributed by atoms with van der Waals surface area (Å²) in [7, 11) is 0. The van der Waals surface area contributed by atoms with Crippen LogP contribution in [-0.2, 0) is 6.54 Å². The quantitative estimate of drug-likeness (QED) is 0.785. The van der Waals surface area contributed by atoms with Crippen molar-refractivity contribution in [3.63, 3.8) is 0 Å². The van der Waals surface area contributed by atoms with Crippen molar-refractivity contribution in [3.8, 4) is 0 Å². The first-order valence-corrected chi connectivity index (χ1v) is 5.60. The lowest BCUT2D eigenvalue weighted by Gasteiger charge is -2.23. The molecule has 3 N–H and O–H groups in total. The number of hydrogen-bond donors (Lipinski definition) is 2. The first-order valence-electron chi connectivity index (χ1n) is 5.60. The SMILES string of the molecule is Cc1cc(CNCC2(N)CCCC2)no1. The molecule has 0 aliphatic heterocycles. The van der Waals surface area contributed by atoms with Crippen LogP contribution < -0.4 is 11.1 Å². The highest BCUT2D eigenvalue weighted by Crippen LogP contribution is 2.26. The molecule has 0 amide bonds. The normalized spacial score (nSPS) is 19.6. The van der Waals surface area contributed by atoms with Crippen molar-refractivity contribution in [2.45, 2.75) is 44.7 Å². The molecule has 0 aromatic carbocycles. The summed E-state index contributed by atoms with van der Waals surface area (Å²) < 4.78 is 4.99. The van der Waals surface area contributed by atoms with E-state index in [2.05, 4.69) is 10.5 Å². The van der Waals surface area contributed by atoms with Crippen LogP contribution in [0, 0.1) is 6.92 Å². The molecule has 2 rings (SSSR count). The van der Waals surface area contributed by atoms with Gasteiger partial charge < -0.3 is 15.6 Å². The van der Waals surface area contributed by atoms with E-state index < -0.39 is 0 Å². The van der Waals surface area contributed by atoms with Crippen LogP contribution in [0.2, 0.25) is 0 Å². The molecule has 1 aliphatic rings. The second-order valence-corrected chi connectivity index (χ2v) is 4.60. The first-order chi connectivity index (χ1) is 7.18. The maximum atomic E-state index is 6.22. The fraction of sp³-hybridized carbons (Fsp3) is 0.727. The van der Waals surface area contributed by atoms with Gasteiger partial charge in [0.25, 0.3) is 0 Å². The lowest BCUT2D eigenvalue weighted by molar-refractivity contribution is 0.377. The zero-order chi connectivity index (χ0) is 10.7. The summed E-state index contributed by atoms with van der Waals surface area (Å²) in [6.45, 7) is 3.52. The molecular formula is C11H19N3O. The second kappa shape index (κ2) is 4.33. The summed E-state index contributed by atoms with van der Waals surface area (Å²) in [4.78, 5) is 0. The number of hydrogen-bond acceptors (Lipinski definition) is 4. The molecule has 1 aliphatic carbocycles. The first kappa shape index (κ1) is 10.6. The zero-order valence-corrected chi connectivity index (χ0v) is 9.25. The molecule has 0 bridgehead atoms. The van der Waals surface area contributed by atoms with Gasteiger partial charge in [-0.1, -0.05) is 18.0 Å². The van der Waals surface area contributed by atoms with E-state index in [1.165, 1.54) is 12.8 Å². The Bertz CT molecular complexity index is 315. The van der Waals surface area contributed by atoms with E-state index >= 15 is 0 Å². The van der Waals surface area contributed by atoms with Crippen LogP contribution in [0.15, 0.2) is 10.6 Å². The number of aromatic nitrogens is 1. The molecule has 15 heavy (non-hydrogen) atoms. The molecule has 4 nitrogen and oxygen atoms in total. The summed E-state index contributed by atoms with van der Waals surface area (Å²) in [6, 6.07) is 1.95. The van der Waals surface area contributed by atoms with Gasteiger partial charge in [-0.05, 0) is 19.8 Å². The minimum Gasteiger partial charge on any atom is -0.361 e. The molecule has 1 fully saturated rings. The summed E-state index contributed by atoms with van der Waals surface area (Å²) in [5.74, 6) is 0.857. The Morgan fingerprint density at radius 1 is 1.53 bits per heavy atom. The van der Waals surface area contributed by atoms with Crippen molar-refractivity contribution < 1.29 is 4.52 Å². The standard InChI is InChI=1S/C11H19N3O/c1-9-6-10(14-15-9)7-13-8-11(12)4-2-3-5-11/h6,13H,2-5,7-8,12H2,1H3. The molecule has 0 atom stereocenters. The van der Waals surface area contributed by atoms with Gasteiger partial charge in [0.15, 0.2) is 0 Å². The molecule has 0 radical (unpaired) electrons. The van der Waals surface area contributed by atoms with E-state index in [9.17, 15) is 0 Å². The Morgan fingerprint density at radius 3 is 2.87 bits per heavy atom. The Balaban J connectivity index is 1.75. The second-order valence-electron chi connectivity index (χ2n) is 4.60. The minimum absolute atomic E-state index is 0.0127. The van der Waals surface area contributed by atoms with E-state index in [0.29, 0.717) is 0 Å². The fourth-order valence-corrected chi connectivity index (χ4v) is 2.20. The maximum Gasteiger partial charge on any atom is 0.133 e. The molecule has 84 valence electrons. The molecule has 4 heteroatoms. The van der Waals surface area contributed by atoms with Gasteiger partial charge in [-0.3, -0.25) is 0 Å². The summed E-state index contributed by atoms with van der Waals surface area (Å²) in [5.41, 5.74) is 7.19. The van der Waals surface area contributed by atoms with E-state index in [1.807, 2.05) is 13.0 Å². The topological polar surface area (TPSA) is 64.1 Å². The van der Waals surface area contributed by atoms with Crippen LogP contribution in [0.5, 0.6) is 0 Å². The summed E-state index contributed by atoms with van der Waals surface area (Å²) in [6.07, 6.45) is 4.80. The number of nitrogens with one attached hydrogen (secondary N) is 1. The number of nitrogens with zero attached hydrogens (tertiary/aromatic N) is 1. The third-order valence-electron chi connectivity index (χ3n) is 3.06. The highest BCUT2D eigenvalue weighted by atomic mass is 16.5. The Hall–Kier alpha value is -0.870. The van der Waals surface area contributed by atoms with Crippen molar-refractivity contribution >= 4 is 0 Å². The molecule has 1 saturated carbocycles. The Labute approximate surface area is 90.2 Å². The highest BCUT2D eigenvalue weighted by molar-refractivity contribution is 5.03. The van der Waals surface area contributed by atoms with Crippen LogP contribution in [0.3, 0.4) is 0 Å². The smallest absolute Gasteiger partial charge is 0.133 e. The van der Waals surface area contributed by atoms with E-state index in [1.54, 1.807) is 0 Å². The van der Waals surface area contributed by atoms with Crippen molar-refractivity contribution in [1.82, 2.24) is 10.5 Å². The number of nitrogens with two attached hydrogens (primary N) is 1. The number of aryl methyl sites for hydroxylation is 1. The van der Waals surface area contributed by atoms with Crippen LogP contribution in [0.1, 0.15) is 37.1 Å². The molecule has 0 spiro atoms. The minimum atomic E-state index is 0.0127. The molecule has 0 saturated heterocycles. The van der Waals surface area contributed by atoms with E-state index in [0.717, 1.165) is 37.4 Å². The van der Waals surface area contributed by atoms with Crippen molar-refractivity contribution in [1.29, 1.82) is 0 Å². The number of rotatable bonds is 4. The fourth-order valence-electron chi connectivity index (χ4n) is 2.20. The molecule has 1 aromatic heterocycles. The van der Waals surface area contributed by atoms with Gasteiger partial charge in [-0.15, -0.1) is 0 Å². The van der Waals surface area contributed by atoms with Gasteiger partial charge in [0.2, 0.25) is 0 Å². The largest absolute Gasteiger partial charge is 0.361 e. The van der Waals surface area contributed by atoms with Crippen molar-refractivity contribution in [3.05, 3.63) is 17.5 Å². The van der Waals surface area contributed by atoms with Crippen molar-refractivity contribution in [2.75, 3.05) is 6.54 Å². The van der Waals surface area contributed by atoms with Crippen molar-refractivity contribution in [2.24, 2.45) is 5.73 Å². The van der Waals surface area contributed by atoms with Gasteiger partial charge in [0.05, 0.1) is 5.69 Å². The monoisotopic (exact) mass is 209 g/mol. The van der Waals surface area contributed by atoms with E-state index in [-0.39, 0.29) is 5.54 Å².